The van der Waals surface area contributed by atoms with Gasteiger partial charge in [0.25, 0.3) is 0 Å². The fourth-order valence-electron chi connectivity index (χ4n) is 5.21. The Balaban J connectivity index is 1.28. The maximum Gasteiger partial charge on any atom is 0.309 e. The number of para-hydroxylation sites is 1. The van der Waals surface area contributed by atoms with Gasteiger partial charge in [0.05, 0.1) is 27.7 Å². The van der Waals surface area contributed by atoms with Crippen LogP contribution in [0.5, 0.6) is 5.75 Å². The summed E-state index contributed by atoms with van der Waals surface area (Å²) in [4.78, 5) is 33.2. The number of imidazole rings is 1. The van der Waals surface area contributed by atoms with E-state index in [0.29, 0.717) is 30.3 Å². The zero-order chi connectivity index (χ0) is 30.8. The van der Waals surface area contributed by atoms with Crippen molar-refractivity contribution in [2.45, 2.75) is 33.4 Å². The van der Waals surface area contributed by atoms with Crippen LogP contribution in [0.1, 0.15) is 41.3 Å². The molecule has 0 bridgehead atoms. The molecule has 8 heteroatoms. The number of nitrogens with zero attached hydrogens (tertiary/aromatic N) is 3. The Morgan fingerprint density at radius 3 is 2.41 bits per heavy atom. The summed E-state index contributed by atoms with van der Waals surface area (Å²) in [5.74, 6) is -0.0144. The number of primary amides is 1. The Morgan fingerprint density at radius 1 is 0.841 bits per heavy atom. The van der Waals surface area contributed by atoms with Crippen LogP contribution in [0, 0.1) is 5.41 Å². The molecular formula is C36H32N4O4. The molecule has 0 radical (unpaired) electrons. The van der Waals surface area contributed by atoms with Gasteiger partial charge in [0.15, 0.2) is 0 Å². The number of ether oxygens (including phenoxy) is 1. The summed E-state index contributed by atoms with van der Waals surface area (Å²) < 4.78 is 8.17. The van der Waals surface area contributed by atoms with Gasteiger partial charge in [0, 0.05) is 30.0 Å². The van der Waals surface area contributed by atoms with Crippen molar-refractivity contribution in [1.29, 1.82) is 0 Å². The molecule has 0 spiro atoms. The minimum absolute atomic E-state index is 0.256. The van der Waals surface area contributed by atoms with Crippen molar-refractivity contribution < 1.29 is 19.4 Å². The number of nitrogens with two attached hydrogens (primary N) is 1. The molecule has 0 atom stereocenters. The number of aromatic nitrogens is 3. The molecule has 4 aromatic carbocycles. The molecule has 220 valence electrons. The first-order valence-electron chi connectivity index (χ1n) is 14.4. The van der Waals surface area contributed by atoms with Crippen LogP contribution >= 0.6 is 0 Å². The van der Waals surface area contributed by atoms with E-state index in [2.05, 4.69) is 4.57 Å². The number of fused-ring (bicyclic) bond motifs is 2. The van der Waals surface area contributed by atoms with E-state index in [9.17, 15) is 14.7 Å². The molecule has 44 heavy (non-hydrogen) atoms. The second kappa shape index (κ2) is 11.6. The van der Waals surface area contributed by atoms with Crippen LogP contribution in [-0.4, -0.2) is 31.5 Å². The molecule has 3 N–H and O–H groups in total. The monoisotopic (exact) mass is 584 g/mol. The molecule has 0 aliphatic heterocycles. The Hall–Kier alpha value is -5.50. The summed E-state index contributed by atoms with van der Waals surface area (Å²) in [7, 11) is 0. The van der Waals surface area contributed by atoms with Gasteiger partial charge in [-0.2, -0.15) is 0 Å². The number of pyridine rings is 1. The van der Waals surface area contributed by atoms with Crippen molar-refractivity contribution in [2.75, 3.05) is 0 Å². The van der Waals surface area contributed by atoms with Crippen LogP contribution in [0.4, 0.5) is 0 Å². The van der Waals surface area contributed by atoms with E-state index in [-0.39, 0.29) is 6.42 Å². The molecule has 8 nitrogen and oxygen atoms in total. The lowest BCUT2D eigenvalue weighted by atomic mass is 9.89. The third-order valence-corrected chi connectivity index (χ3v) is 7.80. The van der Waals surface area contributed by atoms with Crippen LogP contribution < -0.4 is 10.5 Å². The van der Waals surface area contributed by atoms with E-state index in [1.54, 1.807) is 26.0 Å². The van der Waals surface area contributed by atoms with Gasteiger partial charge in [-0.1, -0.05) is 60.7 Å². The van der Waals surface area contributed by atoms with Crippen molar-refractivity contribution in [2.24, 2.45) is 11.1 Å². The van der Waals surface area contributed by atoms with Crippen LogP contribution in [0.25, 0.3) is 33.1 Å². The zero-order valence-electron chi connectivity index (χ0n) is 24.5. The fraction of sp³-hybridized carbons (Fsp3) is 0.167. The van der Waals surface area contributed by atoms with Gasteiger partial charge in [0.1, 0.15) is 18.2 Å². The first-order valence-corrected chi connectivity index (χ1v) is 14.4. The summed E-state index contributed by atoms with van der Waals surface area (Å²) in [6.07, 6.45) is 0.256. The van der Waals surface area contributed by atoms with Crippen molar-refractivity contribution in [3.8, 4) is 16.9 Å². The highest BCUT2D eigenvalue weighted by Gasteiger charge is 2.30. The number of carbonyl (C=O) groups is 2. The van der Waals surface area contributed by atoms with E-state index in [4.69, 9.17) is 20.4 Å². The lowest BCUT2D eigenvalue weighted by molar-refractivity contribution is -0.146. The first kappa shape index (κ1) is 28.6. The predicted molar refractivity (Wildman–Crippen MR) is 170 cm³/mol. The topological polar surface area (TPSA) is 120 Å². The van der Waals surface area contributed by atoms with Gasteiger partial charge in [-0.25, -0.2) is 9.97 Å². The number of carbonyl (C=O) groups excluding carboxylic acids is 1. The van der Waals surface area contributed by atoms with E-state index in [1.165, 1.54) is 0 Å². The summed E-state index contributed by atoms with van der Waals surface area (Å²) in [5, 5.41) is 10.9. The molecule has 2 heterocycles. The molecule has 6 aromatic rings. The summed E-state index contributed by atoms with van der Waals surface area (Å²) in [6.45, 7) is 4.23. The Bertz CT molecular complexity index is 2010. The molecule has 6 rings (SSSR count). The van der Waals surface area contributed by atoms with Gasteiger partial charge in [0.2, 0.25) is 5.91 Å². The van der Waals surface area contributed by atoms with Gasteiger partial charge >= 0.3 is 5.97 Å². The maximum absolute atomic E-state index is 12.0. The minimum atomic E-state index is -1.00. The highest BCUT2D eigenvalue weighted by Crippen LogP contribution is 2.29. The highest BCUT2D eigenvalue weighted by molar-refractivity contribution is 5.94. The van der Waals surface area contributed by atoms with Gasteiger partial charge in [-0.05, 0) is 66.9 Å². The quantitative estimate of drug-likeness (QED) is 0.186. The van der Waals surface area contributed by atoms with Crippen molar-refractivity contribution >= 4 is 33.8 Å². The standard InChI is InChI=1S/C36H32N4O4/c1-36(2,35(42)43)20-33-39-31-19-29(44-22-28-15-14-25-6-3-4-9-30(25)38-28)16-17-32(31)40(33)21-23-10-12-24(13-11-23)26-7-5-8-27(18-26)34(37)41/h3-19H,20-22H2,1-2H3,(H2,37,41)(H,42,43). The van der Waals surface area contributed by atoms with Crippen LogP contribution in [0.3, 0.4) is 0 Å². The van der Waals surface area contributed by atoms with Crippen LogP contribution in [0.15, 0.2) is 103 Å². The Labute approximate surface area is 254 Å². The minimum Gasteiger partial charge on any atom is -0.487 e. The normalized spacial score (nSPS) is 11.6. The number of carboxylic acid groups (broad SMARTS) is 1. The molecule has 1 amide bonds. The number of hydrogen-bond donors (Lipinski definition) is 2. The highest BCUT2D eigenvalue weighted by atomic mass is 16.5. The van der Waals surface area contributed by atoms with Crippen molar-refractivity contribution in [1.82, 2.24) is 14.5 Å². The number of benzene rings is 4. The maximum atomic E-state index is 12.0. The van der Waals surface area contributed by atoms with E-state index < -0.39 is 17.3 Å². The number of aliphatic carboxylic acids is 1. The Kier molecular flexibility index (Phi) is 7.57. The lowest BCUT2D eigenvalue weighted by Gasteiger charge is -2.19. The zero-order valence-corrected chi connectivity index (χ0v) is 24.5. The smallest absolute Gasteiger partial charge is 0.309 e. The number of amides is 1. The van der Waals surface area contributed by atoms with Gasteiger partial charge in [-0.3, -0.25) is 9.59 Å². The molecular weight excluding hydrogens is 552 g/mol. The molecule has 2 aromatic heterocycles. The largest absolute Gasteiger partial charge is 0.487 e. The van der Waals surface area contributed by atoms with Crippen LogP contribution in [0.2, 0.25) is 0 Å². The lowest BCUT2D eigenvalue weighted by Crippen LogP contribution is -2.27. The molecule has 0 saturated heterocycles. The average Bonchev–Trinajstić information content (AvgIpc) is 3.35. The molecule has 0 fully saturated rings. The van der Waals surface area contributed by atoms with Gasteiger partial charge in [-0.15, -0.1) is 0 Å². The van der Waals surface area contributed by atoms with Crippen molar-refractivity contribution in [3.05, 3.63) is 126 Å². The fourth-order valence-corrected chi connectivity index (χ4v) is 5.21. The third-order valence-electron chi connectivity index (χ3n) is 7.80. The second-order valence-electron chi connectivity index (χ2n) is 11.6. The molecule has 0 saturated carbocycles. The predicted octanol–water partition coefficient (Wildman–Crippen LogP) is 6.63. The third kappa shape index (κ3) is 6.01. The first-order chi connectivity index (χ1) is 21.2. The molecule has 0 aliphatic rings. The summed E-state index contributed by atoms with van der Waals surface area (Å²) >= 11 is 0. The van der Waals surface area contributed by atoms with E-state index in [0.717, 1.165) is 44.3 Å². The number of rotatable bonds is 10. The average molecular weight is 585 g/mol. The van der Waals surface area contributed by atoms with Crippen LogP contribution in [-0.2, 0) is 24.4 Å². The molecule has 0 unspecified atom stereocenters. The molecule has 0 aliphatic carbocycles. The van der Waals surface area contributed by atoms with Crippen molar-refractivity contribution in [3.63, 3.8) is 0 Å². The van der Waals surface area contributed by atoms with E-state index in [1.807, 2.05) is 91.0 Å². The SMILES string of the molecule is CC(C)(Cc1nc2cc(OCc3ccc4ccccc4n3)ccc2n1Cc1ccc(-c2cccc(C(N)=O)c2)cc1)C(=O)O. The summed E-state index contributed by atoms with van der Waals surface area (Å²) in [6, 6.07) is 33.0. The second-order valence-corrected chi connectivity index (χ2v) is 11.6. The summed E-state index contributed by atoms with van der Waals surface area (Å²) in [5.41, 5.74) is 11.1. The van der Waals surface area contributed by atoms with E-state index >= 15 is 0 Å². The van der Waals surface area contributed by atoms with Gasteiger partial charge < -0.3 is 20.1 Å². The number of carboxylic acids is 1. The Morgan fingerprint density at radius 2 is 1.64 bits per heavy atom. The number of hydrogen-bond acceptors (Lipinski definition) is 5.